The van der Waals surface area contributed by atoms with Gasteiger partial charge in [0.15, 0.2) is 0 Å². The zero-order chi connectivity index (χ0) is 13.9. The van der Waals surface area contributed by atoms with E-state index in [2.05, 4.69) is 11.9 Å². The van der Waals surface area contributed by atoms with E-state index < -0.39 is 5.97 Å². The molecule has 0 bridgehead atoms. The molecule has 4 nitrogen and oxygen atoms in total. The van der Waals surface area contributed by atoms with Gasteiger partial charge in [-0.2, -0.15) is 0 Å². The predicted octanol–water partition coefficient (Wildman–Crippen LogP) is 3.07. The third-order valence-corrected chi connectivity index (χ3v) is 3.69. The maximum Gasteiger partial charge on any atom is 0.335 e. The fourth-order valence-corrected chi connectivity index (χ4v) is 2.40. The summed E-state index contributed by atoms with van der Waals surface area (Å²) in [6.07, 6.45) is 5.22. The molecule has 0 spiro atoms. The lowest BCUT2D eigenvalue weighted by Crippen LogP contribution is -2.41. The van der Waals surface area contributed by atoms with E-state index in [1.807, 2.05) is 0 Å². The second-order valence-electron chi connectivity index (χ2n) is 4.97. The number of carboxylic acid groups (broad SMARTS) is 1. The van der Waals surface area contributed by atoms with Gasteiger partial charge in [-0.05, 0) is 37.5 Å². The highest BCUT2D eigenvalue weighted by Crippen LogP contribution is 2.45. The van der Waals surface area contributed by atoms with Crippen molar-refractivity contribution >= 4 is 17.6 Å². The molecule has 1 aliphatic carbocycles. The normalized spacial score (nSPS) is 16.2. The predicted molar refractivity (Wildman–Crippen MR) is 73.1 cm³/mol. The molecule has 1 aromatic carbocycles. The van der Waals surface area contributed by atoms with Crippen LogP contribution in [0.25, 0.3) is 0 Å². The first kappa shape index (κ1) is 13.3. The van der Waals surface area contributed by atoms with Gasteiger partial charge in [0.25, 0.3) is 0 Å². The number of allylic oxidation sites excluding steroid dienone is 1. The highest BCUT2D eigenvalue weighted by atomic mass is 16.4. The van der Waals surface area contributed by atoms with Crippen LogP contribution in [-0.2, 0) is 4.79 Å². The second kappa shape index (κ2) is 5.26. The average Bonchev–Trinajstić information content (AvgIpc) is 2.33. The van der Waals surface area contributed by atoms with Gasteiger partial charge in [0.1, 0.15) is 0 Å². The summed E-state index contributed by atoms with van der Waals surface area (Å²) in [5, 5.41) is 11.7. The number of hydrogen-bond donors (Lipinski definition) is 2. The average molecular weight is 259 g/mol. The number of rotatable bonds is 5. The fraction of sp³-hybridized carbons (Fsp3) is 0.333. The summed E-state index contributed by atoms with van der Waals surface area (Å²) in [5.41, 5.74) is 0.352. The summed E-state index contributed by atoms with van der Waals surface area (Å²) in [4.78, 5) is 23.2. The van der Waals surface area contributed by atoms with Gasteiger partial charge in [0.2, 0.25) is 5.91 Å². The van der Waals surface area contributed by atoms with Gasteiger partial charge in [-0.1, -0.05) is 18.6 Å². The van der Waals surface area contributed by atoms with Crippen molar-refractivity contribution in [2.75, 3.05) is 5.32 Å². The van der Waals surface area contributed by atoms with Gasteiger partial charge in [0, 0.05) is 5.69 Å². The Morgan fingerprint density at radius 2 is 2.16 bits per heavy atom. The van der Waals surface area contributed by atoms with Gasteiger partial charge in [-0.15, -0.1) is 6.58 Å². The highest BCUT2D eigenvalue weighted by molar-refractivity contribution is 5.97. The van der Waals surface area contributed by atoms with Crippen LogP contribution in [-0.4, -0.2) is 17.0 Å². The van der Waals surface area contributed by atoms with E-state index in [-0.39, 0.29) is 16.9 Å². The van der Waals surface area contributed by atoms with Crippen LogP contribution < -0.4 is 5.32 Å². The van der Waals surface area contributed by atoms with E-state index in [1.165, 1.54) is 12.1 Å². The molecule has 2 N–H and O–H groups in total. The maximum atomic E-state index is 12.3. The molecular formula is C15H17NO3. The van der Waals surface area contributed by atoms with Crippen LogP contribution in [0.15, 0.2) is 36.9 Å². The molecule has 100 valence electrons. The molecule has 4 heteroatoms. The fourth-order valence-electron chi connectivity index (χ4n) is 2.40. The Balaban J connectivity index is 2.12. The minimum absolute atomic E-state index is 0.0406. The minimum Gasteiger partial charge on any atom is -0.478 e. The van der Waals surface area contributed by atoms with E-state index >= 15 is 0 Å². The van der Waals surface area contributed by atoms with Crippen LogP contribution in [0.3, 0.4) is 0 Å². The molecule has 0 aliphatic heterocycles. The molecule has 19 heavy (non-hydrogen) atoms. The Morgan fingerprint density at radius 1 is 1.42 bits per heavy atom. The molecule has 0 radical (unpaired) electrons. The number of benzene rings is 1. The molecule has 1 amide bonds. The third-order valence-electron chi connectivity index (χ3n) is 3.69. The van der Waals surface area contributed by atoms with Gasteiger partial charge in [-0.25, -0.2) is 4.79 Å². The van der Waals surface area contributed by atoms with Gasteiger partial charge in [0.05, 0.1) is 11.0 Å². The van der Waals surface area contributed by atoms with E-state index in [0.29, 0.717) is 12.1 Å². The van der Waals surface area contributed by atoms with Crippen LogP contribution in [0, 0.1) is 5.41 Å². The lowest BCUT2D eigenvalue weighted by Gasteiger charge is -2.39. The van der Waals surface area contributed by atoms with Crippen LogP contribution in [0.2, 0.25) is 0 Å². The summed E-state index contributed by atoms with van der Waals surface area (Å²) in [7, 11) is 0. The number of carbonyl (C=O) groups excluding carboxylic acids is 1. The molecule has 1 fully saturated rings. The van der Waals surface area contributed by atoms with E-state index in [0.717, 1.165) is 19.3 Å². The molecule has 0 saturated heterocycles. The van der Waals surface area contributed by atoms with Crippen molar-refractivity contribution in [1.29, 1.82) is 0 Å². The van der Waals surface area contributed by atoms with Crippen molar-refractivity contribution in [2.45, 2.75) is 25.7 Å². The van der Waals surface area contributed by atoms with Crippen molar-refractivity contribution in [3.63, 3.8) is 0 Å². The zero-order valence-corrected chi connectivity index (χ0v) is 10.7. The monoisotopic (exact) mass is 259 g/mol. The van der Waals surface area contributed by atoms with E-state index in [1.54, 1.807) is 18.2 Å². The molecule has 2 rings (SSSR count). The Labute approximate surface area is 112 Å². The largest absolute Gasteiger partial charge is 0.478 e. The molecule has 0 atom stereocenters. The SMILES string of the molecule is C=CCC1(C(=O)Nc2cccc(C(=O)O)c2)CCC1. The second-order valence-corrected chi connectivity index (χ2v) is 4.97. The summed E-state index contributed by atoms with van der Waals surface area (Å²) >= 11 is 0. The molecule has 1 aromatic rings. The third kappa shape index (κ3) is 2.67. The minimum atomic E-state index is -0.999. The van der Waals surface area contributed by atoms with Crippen molar-refractivity contribution < 1.29 is 14.7 Å². The van der Waals surface area contributed by atoms with E-state index in [4.69, 9.17) is 5.11 Å². The lowest BCUT2D eigenvalue weighted by molar-refractivity contribution is -0.130. The molecule has 0 aromatic heterocycles. The molecule has 1 saturated carbocycles. The first-order valence-electron chi connectivity index (χ1n) is 6.33. The Kier molecular flexibility index (Phi) is 3.69. The number of anilines is 1. The molecule has 0 unspecified atom stereocenters. The summed E-state index contributed by atoms with van der Waals surface area (Å²) in [5.74, 6) is -1.04. The summed E-state index contributed by atoms with van der Waals surface area (Å²) in [6, 6.07) is 6.30. The quantitative estimate of drug-likeness (QED) is 0.798. The molecule has 0 heterocycles. The zero-order valence-electron chi connectivity index (χ0n) is 10.7. The molecular weight excluding hydrogens is 242 g/mol. The Bertz CT molecular complexity index is 518. The van der Waals surface area contributed by atoms with E-state index in [9.17, 15) is 9.59 Å². The van der Waals surface area contributed by atoms with Crippen molar-refractivity contribution in [2.24, 2.45) is 5.41 Å². The van der Waals surface area contributed by atoms with Crippen molar-refractivity contribution in [3.8, 4) is 0 Å². The molecule has 1 aliphatic rings. The number of nitrogens with one attached hydrogen (secondary N) is 1. The van der Waals surface area contributed by atoms with Gasteiger partial charge >= 0.3 is 5.97 Å². The summed E-state index contributed by atoms with van der Waals surface area (Å²) in [6.45, 7) is 3.70. The van der Waals surface area contributed by atoms with Crippen molar-refractivity contribution in [1.82, 2.24) is 0 Å². The van der Waals surface area contributed by atoms with Crippen LogP contribution >= 0.6 is 0 Å². The van der Waals surface area contributed by atoms with Crippen LogP contribution in [0.5, 0.6) is 0 Å². The smallest absolute Gasteiger partial charge is 0.335 e. The first-order valence-corrected chi connectivity index (χ1v) is 6.33. The number of amides is 1. The lowest BCUT2D eigenvalue weighted by atomic mass is 9.66. The topological polar surface area (TPSA) is 66.4 Å². The summed E-state index contributed by atoms with van der Waals surface area (Å²) < 4.78 is 0. The van der Waals surface area contributed by atoms with Crippen LogP contribution in [0.1, 0.15) is 36.0 Å². The van der Waals surface area contributed by atoms with Gasteiger partial charge in [-0.3, -0.25) is 4.79 Å². The Hall–Kier alpha value is -2.10. The standard InChI is InChI=1S/C15H17NO3/c1-2-7-15(8-4-9-15)14(19)16-12-6-3-5-11(10-12)13(17)18/h2-3,5-6,10H,1,4,7-9H2,(H,16,19)(H,17,18). The van der Waals surface area contributed by atoms with Gasteiger partial charge < -0.3 is 10.4 Å². The highest BCUT2D eigenvalue weighted by Gasteiger charge is 2.42. The maximum absolute atomic E-state index is 12.3. The number of hydrogen-bond acceptors (Lipinski definition) is 2. The number of aromatic carboxylic acids is 1. The van der Waals surface area contributed by atoms with Crippen molar-refractivity contribution in [3.05, 3.63) is 42.5 Å². The van der Waals surface area contributed by atoms with Crippen LogP contribution in [0.4, 0.5) is 5.69 Å². The Morgan fingerprint density at radius 3 is 2.68 bits per heavy atom. The number of carbonyl (C=O) groups is 2. The number of carboxylic acids is 1. The first-order chi connectivity index (χ1) is 9.07.